The topological polar surface area (TPSA) is 281 Å². The lowest BCUT2D eigenvalue weighted by Gasteiger charge is -2.30. The number of rotatable bonds is 31. The molecule has 5 rings (SSSR count). The molecule has 0 bridgehead atoms. The number of benzene rings is 2. The third kappa shape index (κ3) is 13.5. The molecule has 66 heavy (non-hydrogen) atoms. The van der Waals surface area contributed by atoms with E-state index in [2.05, 4.69) is 21.3 Å². The second-order valence-electron chi connectivity index (χ2n) is 17.4. The van der Waals surface area contributed by atoms with Gasteiger partial charge in [-0.25, -0.2) is 4.79 Å². The fourth-order valence-corrected chi connectivity index (χ4v) is 8.68. The SMILES string of the molecule is CC[C@H](C(=O)N[C@H](CCN1C(=O)c2cccc3c(N(C)C)ccc(c23)C1=O)C(=O)NCC[C@@H](NC(=O)CCCC(=O)O)C(=O)O)C1N2C(CNC(=O)CCCCCCCCCCC(N)=O)N12. The number of hydrazine groups is 1. The molecule has 0 saturated carbocycles. The number of amides is 7. The van der Waals surface area contributed by atoms with Crippen LogP contribution >= 0.6 is 0 Å². The first-order chi connectivity index (χ1) is 31.5. The molecule has 2 saturated heterocycles. The van der Waals surface area contributed by atoms with Crippen molar-refractivity contribution in [3.05, 3.63) is 41.5 Å². The van der Waals surface area contributed by atoms with E-state index in [9.17, 15) is 48.3 Å². The Morgan fingerprint density at radius 1 is 0.712 bits per heavy atom. The zero-order valence-electron chi connectivity index (χ0n) is 38.1. The molecule has 20 heteroatoms. The fourth-order valence-electron chi connectivity index (χ4n) is 8.68. The van der Waals surface area contributed by atoms with Crippen LogP contribution in [-0.4, -0.2) is 137 Å². The number of nitrogens with two attached hydrogens (primary N) is 1. The molecule has 360 valence electrons. The zero-order valence-corrected chi connectivity index (χ0v) is 38.1. The van der Waals surface area contributed by atoms with E-state index in [1.165, 1.54) is 0 Å². The average molecular weight is 920 g/mol. The molecule has 2 fully saturated rings. The maximum Gasteiger partial charge on any atom is 0.326 e. The molecule has 0 aromatic heterocycles. The Morgan fingerprint density at radius 2 is 1.33 bits per heavy atom. The molecule has 7 amide bonds. The molecule has 2 aromatic rings. The van der Waals surface area contributed by atoms with Crippen LogP contribution in [0.5, 0.6) is 0 Å². The number of anilines is 1. The molecule has 2 aromatic carbocycles. The Balaban J connectivity index is 1.15. The lowest BCUT2D eigenvalue weighted by atomic mass is 9.92. The predicted octanol–water partition coefficient (Wildman–Crippen LogP) is 2.43. The number of nitrogens with one attached hydrogen (secondary N) is 4. The summed E-state index contributed by atoms with van der Waals surface area (Å²) in [6.07, 6.45) is 7.97. The van der Waals surface area contributed by atoms with Crippen LogP contribution in [-0.2, 0) is 33.6 Å². The maximum absolute atomic E-state index is 13.9. The van der Waals surface area contributed by atoms with E-state index in [4.69, 9.17) is 10.8 Å². The van der Waals surface area contributed by atoms with Gasteiger partial charge in [0, 0.05) is 87.0 Å². The molecule has 0 radical (unpaired) electrons. The number of carbonyl (C=O) groups is 9. The number of nitrogens with zero attached hydrogens (tertiary/aromatic N) is 4. The molecule has 2 unspecified atom stereocenters. The van der Waals surface area contributed by atoms with E-state index >= 15 is 0 Å². The smallest absolute Gasteiger partial charge is 0.326 e. The van der Waals surface area contributed by atoms with E-state index in [1.54, 1.807) is 24.3 Å². The van der Waals surface area contributed by atoms with Crippen molar-refractivity contribution < 1.29 is 53.4 Å². The number of hydrogen-bond acceptors (Lipinski definition) is 12. The first-order valence-corrected chi connectivity index (χ1v) is 23.1. The van der Waals surface area contributed by atoms with E-state index in [1.807, 2.05) is 42.0 Å². The number of unbranched alkanes of at least 4 members (excludes halogenated alkanes) is 7. The van der Waals surface area contributed by atoms with Crippen LogP contribution < -0.4 is 31.9 Å². The number of carboxylic acids is 2. The second kappa shape index (κ2) is 23.9. The number of carboxylic acid groups (broad SMARTS) is 2. The van der Waals surface area contributed by atoms with Crippen molar-refractivity contribution in [2.75, 3.05) is 38.6 Å². The van der Waals surface area contributed by atoms with Crippen molar-refractivity contribution in [3.63, 3.8) is 0 Å². The van der Waals surface area contributed by atoms with Gasteiger partial charge in [-0.2, -0.15) is 10.0 Å². The summed E-state index contributed by atoms with van der Waals surface area (Å²) >= 11 is 0. The van der Waals surface area contributed by atoms with E-state index in [-0.39, 0.29) is 69.3 Å². The Labute approximate surface area is 384 Å². The van der Waals surface area contributed by atoms with Crippen LogP contribution in [0.2, 0.25) is 0 Å². The van der Waals surface area contributed by atoms with Gasteiger partial charge in [-0.15, -0.1) is 0 Å². The summed E-state index contributed by atoms with van der Waals surface area (Å²) in [5.41, 5.74) is 6.65. The maximum atomic E-state index is 13.9. The fraction of sp³-hybridized carbons (Fsp3) is 0.587. The van der Waals surface area contributed by atoms with Crippen LogP contribution in [0.25, 0.3) is 10.8 Å². The number of primary amides is 1. The van der Waals surface area contributed by atoms with Gasteiger partial charge in [0.05, 0.1) is 5.92 Å². The van der Waals surface area contributed by atoms with Gasteiger partial charge >= 0.3 is 11.9 Å². The molecule has 20 nitrogen and oxygen atoms in total. The van der Waals surface area contributed by atoms with Gasteiger partial charge < -0.3 is 42.1 Å². The summed E-state index contributed by atoms with van der Waals surface area (Å²) in [5, 5.41) is 34.6. The van der Waals surface area contributed by atoms with Gasteiger partial charge in [0.25, 0.3) is 11.8 Å². The Kier molecular flexibility index (Phi) is 18.4. The molecule has 5 atom stereocenters. The average Bonchev–Trinajstić information content (AvgIpc) is 4.19. The Hall–Kier alpha value is -6.15. The van der Waals surface area contributed by atoms with Crippen LogP contribution in [0.4, 0.5) is 5.69 Å². The monoisotopic (exact) mass is 919 g/mol. The summed E-state index contributed by atoms with van der Waals surface area (Å²) in [5.74, 6) is -6.21. The minimum absolute atomic E-state index is 0.0171. The highest BCUT2D eigenvalue weighted by Crippen LogP contribution is 2.52. The van der Waals surface area contributed by atoms with Crippen LogP contribution in [0.15, 0.2) is 30.3 Å². The van der Waals surface area contributed by atoms with Gasteiger partial charge in [-0.05, 0) is 56.7 Å². The van der Waals surface area contributed by atoms with Crippen LogP contribution in [0.1, 0.15) is 130 Å². The minimum Gasteiger partial charge on any atom is -0.481 e. The zero-order chi connectivity index (χ0) is 48.1. The number of carbonyl (C=O) groups excluding carboxylic acids is 7. The van der Waals surface area contributed by atoms with E-state index in [0.29, 0.717) is 42.3 Å². The van der Waals surface area contributed by atoms with Crippen molar-refractivity contribution >= 4 is 69.7 Å². The van der Waals surface area contributed by atoms with Crippen molar-refractivity contribution in [2.24, 2.45) is 11.7 Å². The number of imide groups is 1. The normalized spacial score (nSPS) is 19.2. The third-order valence-corrected chi connectivity index (χ3v) is 12.4. The lowest BCUT2D eigenvalue weighted by molar-refractivity contribution is -0.142. The van der Waals surface area contributed by atoms with Crippen LogP contribution in [0.3, 0.4) is 0 Å². The second-order valence-corrected chi connectivity index (χ2v) is 17.4. The van der Waals surface area contributed by atoms with Crippen molar-refractivity contribution in [3.8, 4) is 0 Å². The summed E-state index contributed by atoms with van der Waals surface area (Å²) < 4.78 is 0. The van der Waals surface area contributed by atoms with Crippen molar-refractivity contribution in [1.82, 2.24) is 36.2 Å². The minimum atomic E-state index is -1.39. The molecular weight excluding hydrogens is 855 g/mol. The first kappa shape index (κ1) is 50.8. The molecule has 0 spiro atoms. The Morgan fingerprint density at radius 3 is 1.94 bits per heavy atom. The van der Waals surface area contributed by atoms with Gasteiger partial charge in [0.2, 0.25) is 29.5 Å². The molecule has 8 N–H and O–H groups in total. The van der Waals surface area contributed by atoms with Gasteiger partial charge in [0.15, 0.2) is 0 Å². The van der Waals surface area contributed by atoms with Gasteiger partial charge in [-0.1, -0.05) is 57.6 Å². The molecule has 3 aliphatic heterocycles. The Bertz CT molecular complexity index is 2120. The van der Waals surface area contributed by atoms with Gasteiger partial charge in [-0.3, -0.25) is 43.3 Å². The van der Waals surface area contributed by atoms with Crippen LogP contribution in [0, 0.1) is 5.92 Å². The first-order valence-electron chi connectivity index (χ1n) is 23.1. The summed E-state index contributed by atoms with van der Waals surface area (Å²) in [7, 11) is 3.72. The predicted molar refractivity (Wildman–Crippen MR) is 242 cm³/mol. The summed E-state index contributed by atoms with van der Waals surface area (Å²) in [4.78, 5) is 117. The highest BCUT2D eigenvalue weighted by molar-refractivity contribution is 6.26. The summed E-state index contributed by atoms with van der Waals surface area (Å²) in [6.45, 7) is 1.78. The largest absolute Gasteiger partial charge is 0.481 e. The molecule has 0 aliphatic carbocycles. The quantitative estimate of drug-likeness (QED) is 0.0325. The number of aliphatic carboxylic acids is 2. The third-order valence-electron chi connectivity index (χ3n) is 12.4. The lowest BCUT2D eigenvalue weighted by Crippen LogP contribution is -2.53. The van der Waals surface area contributed by atoms with Crippen molar-refractivity contribution in [1.29, 1.82) is 0 Å². The van der Waals surface area contributed by atoms with Gasteiger partial charge in [0.1, 0.15) is 24.4 Å². The highest BCUT2D eigenvalue weighted by atomic mass is 16.4. The highest BCUT2D eigenvalue weighted by Gasteiger charge is 2.72. The van der Waals surface area contributed by atoms with Crippen molar-refractivity contribution in [2.45, 2.75) is 134 Å². The molecular formula is C46H65N9O11. The van der Waals surface area contributed by atoms with E-state index < -0.39 is 59.5 Å². The van der Waals surface area contributed by atoms with E-state index in [0.717, 1.165) is 67.3 Å². The summed E-state index contributed by atoms with van der Waals surface area (Å²) in [6, 6.07) is 6.04. The standard InChI is InChI=1S/C46H65N9O11/c1-4-28(43-54-38(55(43)54)27-49-36(57)18-12-10-8-6-5-7-9-11-17-35(47)56)41(61)51-32(42(62)48-25-23-33(46(65)66)50-37(58)19-14-20-39(59)60)24-26-53-44(63)30-16-13-15-29-34(52(2)3)22-21-31(40(29)30)45(53)64/h13,15-16,21-22,28,32-33,38,43H,4-12,14,17-20,23-27H2,1-3H3,(H2,47,56)(H,48,62)(H,49,57)(H,50,58)(H,51,61)(H,59,60)(H,65,66)/t28-,32-,33-,38?,43?,54?,55?/m1/s1. The molecule has 3 heterocycles. The molecule has 3 aliphatic rings. The number of hydrogen-bond donors (Lipinski definition) is 7. The number of fused-ring (bicyclic) bond motifs is 1.